The van der Waals surface area contributed by atoms with Gasteiger partial charge < -0.3 is 15.0 Å². The third-order valence-corrected chi connectivity index (χ3v) is 6.29. The Balaban J connectivity index is 1.40. The Labute approximate surface area is 184 Å². The first-order valence-electron chi connectivity index (χ1n) is 11.1. The normalized spacial score (nSPS) is 19.8. The molecule has 2 amide bonds. The van der Waals surface area contributed by atoms with Crippen molar-refractivity contribution in [2.75, 3.05) is 33.4 Å². The number of ether oxygens (including phenoxy) is 1. The molecule has 1 atom stereocenters. The van der Waals surface area contributed by atoms with Crippen LogP contribution in [-0.4, -0.2) is 61.0 Å². The Hall–Kier alpha value is -2.70. The Morgan fingerprint density at radius 2 is 1.77 bits per heavy atom. The minimum absolute atomic E-state index is 0.0198. The van der Waals surface area contributed by atoms with Crippen molar-refractivity contribution in [3.8, 4) is 0 Å². The molecule has 4 rings (SSSR count). The van der Waals surface area contributed by atoms with Gasteiger partial charge in [-0.1, -0.05) is 54.6 Å². The second-order valence-electron chi connectivity index (χ2n) is 8.40. The molecule has 0 aliphatic carbocycles. The molecule has 2 aromatic carbocycles. The highest BCUT2D eigenvalue weighted by Gasteiger charge is 2.37. The molecule has 2 heterocycles. The van der Waals surface area contributed by atoms with Crippen molar-refractivity contribution in [2.45, 2.75) is 37.9 Å². The fourth-order valence-corrected chi connectivity index (χ4v) is 4.62. The molecule has 1 N–H and O–H groups in total. The molecule has 0 bridgehead atoms. The van der Waals surface area contributed by atoms with Gasteiger partial charge in [0.25, 0.3) is 0 Å². The molecule has 0 saturated carbocycles. The van der Waals surface area contributed by atoms with Crippen molar-refractivity contribution in [1.82, 2.24) is 15.1 Å². The Morgan fingerprint density at radius 3 is 2.52 bits per heavy atom. The smallest absolute Gasteiger partial charge is 0.247 e. The Morgan fingerprint density at radius 1 is 1.06 bits per heavy atom. The van der Waals surface area contributed by atoms with E-state index in [1.165, 1.54) is 5.56 Å². The number of methoxy groups -OCH3 is 1. The average Bonchev–Trinajstić information content (AvgIpc) is 2.79. The van der Waals surface area contributed by atoms with Crippen LogP contribution >= 0.6 is 0 Å². The fourth-order valence-electron chi connectivity index (χ4n) is 4.62. The number of likely N-dealkylation sites (tertiary alicyclic amines) is 1. The number of carbonyl (C=O) groups is 2. The van der Waals surface area contributed by atoms with Crippen LogP contribution in [0.15, 0.2) is 54.6 Å². The minimum Gasteiger partial charge on any atom is -0.383 e. The lowest BCUT2D eigenvalue weighted by atomic mass is 9.91. The van der Waals surface area contributed by atoms with Gasteiger partial charge in [0.2, 0.25) is 11.8 Å². The van der Waals surface area contributed by atoms with Crippen LogP contribution in [0.3, 0.4) is 0 Å². The van der Waals surface area contributed by atoms with Gasteiger partial charge in [-0.15, -0.1) is 0 Å². The van der Waals surface area contributed by atoms with E-state index >= 15 is 0 Å². The third kappa shape index (κ3) is 5.14. The molecule has 1 unspecified atom stereocenters. The van der Waals surface area contributed by atoms with E-state index in [9.17, 15) is 9.59 Å². The topological polar surface area (TPSA) is 61.9 Å². The number of fused-ring (bicyclic) bond motifs is 1. The molecular weight excluding hydrogens is 390 g/mol. The van der Waals surface area contributed by atoms with Gasteiger partial charge in [0.05, 0.1) is 13.0 Å². The van der Waals surface area contributed by atoms with Crippen LogP contribution in [0.4, 0.5) is 0 Å². The molecule has 164 valence electrons. The van der Waals surface area contributed by atoms with Crippen LogP contribution in [0.25, 0.3) is 0 Å². The SMILES string of the molecule is COCCN1C(=O)Cc2ccccc2C1C(=O)NC1CCN(Cc2ccccc2)CC1. The quantitative estimate of drug-likeness (QED) is 0.746. The number of benzene rings is 2. The lowest BCUT2D eigenvalue weighted by Crippen LogP contribution is -2.52. The van der Waals surface area contributed by atoms with E-state index in [0.29, 0.717) is 19.6 Å². The lowest BCUT2D eigenvalue weighted by Gasteiger charge is -2.38. The molecule has 6 nitrogen and oxygen atoms in total. The second-order valence-corrected chi connectivity index (χ2v) is 8.40. The number of piperidine rings is 1. The standard InChI is InChI=1S/C25H31N3O3/c1-31-16-15-28-23(29)17-20-9-5-6-10-22(20)24(28)25(30)26-21-11-13-27(14-12-21)18-19-7-3-2-4-8-19/h2-10,21,24H,11-18H2,1H3,(H,26,30). The summed E-state index contributed by atoms with van der Waals surface area (Å²) in [6, 6.07) is 17.8. The van der Waals surface area contributed by atoms with E-state index in [-0.39, 0.29) is 17.9 Å². The number of nitrogens with zero attached hydrogens (tertiary/aromatic N) is 2. The first-order valence-corrected chi connectivity index (χ1v) is 11.1. The number of rotatable bonds is 7. The number of hydrogen-bond donors (Lipinski definition) is 1. The van der Waals surface area contributed by atoms with Gasteiger partial charge in [-0.2, -0.15) is 0 Å². The summed E-state index contributed by atoms with van der Waals surface area (Å²) in [6.45, 7) is 3.67. The van der Waals surface area contributed by atoms with Crippen molar-refractivity contribution in [1.29, 1.82) is 0 Å². The summed E-state index contributed by atoms with van der Waals surface area (Å²) in [7, 11) is 1.61. The van der Waals surface area contributed by atoms with Gasteiger partial charge in [-0.3, -0.25) is 14.5 Å². The predicted octanol–water partition coefficient (Wildman–Crippen LogP) is 2.54. The minimum atomic E-state index is -0.588. The van der Waals surface area contributed by atoms with Gasteiger partial charge in [0, 0.05) is 39.3 Å². The Bertz CT molecular complexity index is 894. The van der Waals surface area contributed by atoms with E-state index in [1.807, 2.05) is 30.3 Å². The number of carbonyl (C=O) groups excluding carboxylic acids is 2. The number of nitrogens with one attached hydrogen (secondary N) is 1. The van der Waals surface area contributed by atoms with Crippen LogP contribution in [0.1, 0.15) is 35.6 Å². The zero-order chi connectivity index (χ0) is 21.6. The maximum atomic E-state index is 13.4. The molecule has 2 aliphatic rings. The molecular formula is C25H31N3O3. The molecule has 0 spiro atoms. The van der Waals surface area contributed by atoms with Crippen LogP contribution < -0.4 is 5.32 Å². The van der Waals surface area contributed by atoms with Gasteiger partial charge in [-0.05, 0) is 29.5 Å². The highest BCUT2D eigenvalue weighted by molar-refractivity contribution is 5.92. The van der Waals surface area contributed by atoms with Crippen molar-refractivity contribution < 1.29 is 14.3 Å². The second kappa shape index (κ2) is 10.1. The van der Waals surface area contributed by atoms with Crippen LogP contribution in [-0.2, 0) is 27.3 Å². The van der Waals surface area contributed by atoms with Crippen molar-refractivity contribution in [3.05, 3.63) is 71.3 Å². The highest BCUT2D eigenvalue weighted by Crippen LogP contribution is 2.31. The van der Waals surface area contributed by atoms with E-state index in [2.05, 4.69) is 34.5 Å². The van der Waals surface area contributed by atoms with Crippen molar-refractivity contribution in [3.63, 3.8) is 0 Å². The van der Waals surface area contributed by atoms with E-state index in [4.69, 9.17) is 4.74 Å². The van der Waals surface area contributed by atoms with Gasteiger partial charge in [0.15, 0.2) is 0 Å². The van der Waals surface area contributed by atoms with E-state index in [1.54, 1.807) is 12.0 Å². The summed E-state index contributed by atoms with van der Waals surface area (Å²) in [5, 5.41) is 3.24. The van der Waals surface area contributed by atoms with Gasteiger partial charge >= 0.3 is 0 Å². The summed E-state index contributed by atoms with van der Waals surface area (Å²) in [5.41, 5.74) is 3.19. The maximum Gasteiger partial charge on any atom is 0.247 e. The largest absolute Gasteiger partial charge is 0.383 e. The van der Waals surface area contributed by atoms with Crippen LogP contribution in [0.2, 0.25) is 0 Å². The molecule has 0 radical (unpaired) electrons. The Kier molecular flexibility index (Phi) is 6.99. The number of amides is 2. The van der Waals surface area contributed by atoms with Crippen LogP contribution in [0, 0.1) is 0 Å². The zero-order valence-corrected chi connectivity index (χ0v) is 18.1. The van der Waals surface area contributed by atoms with E-state index < -0.39 is 6.04 Å². The summed E-state index contributed by atoms with van der Waals surface area (Å²) in [5.74, 6) is -0.105. The highest BCUT2D eigenvalue weighted by atomic mass is 16.5. The zero-order valence-electron chi connectivity index (χ0n) is 18.1. The first-order chi connectivity index (χ1) is 15.2. The first kappa shape index (κ1) is 21.5. The molecule has 0 aromatic heterocycles. The average molecular weight is 422 g/mol. The van der Waals surface area contributed by atoms with E-state index in [0.717, 1.165) is 43.6 Å². The van der Waals surface area contributed by atoms with Gasteiger partial charge in [0.1, 0.15) is 6.04 Å². The molecule has 2 aromatic rings. The van der Waals surface area contributed by atoms with Crippen molar-refractivity contribution in [2.24, 2.45) is 0 Å². The summed E-state index contributed by atoms with van der Waals surface area (Å²) in [6.07, 6.45) is 2.17. The molecule has 1 saturated heterocycles. The molecule has 6 heteroatoms. The summed E-state index contributed by atoms with van der Waals surface area (Å²) < 4.78 is 5.19. The number of hydrogen-bond acceptors (Lipinski definition) is 4. The monoisotopic (exact) mass is 421 g/mol. The third-order valence-electron chi connectivity index (χ3n) is 6.29. The lowest BCUT2D eigenvalue weighted by molar-refractivity contribution is -0.142. The maximum absolute atomic E-state index is 13.4. The summed E-state index contributed by atoms with van der Waals surface area (Å²) >= 11 is 0. The molecule has 2 aliphatic heterocycles. The molecule has 1 fully saturated rings. The molecule has 31 heavy (non-hydrogen) atoms. The predicted molar refractivity (Wildman–Crippen MR) is 119 cm³/mol. The van der Waals surface area contributed by atoms with Crippen LogP contribution in [0.5, 0.6) is 0 Å². The summed E-state index contributed by atoms with van der Waals surface area (Å²) in [4.78, 5) is 30.2. The van der Waals surface area contributed by atoms with Crippen molar-refractivity contribution >= 4 is 11.8 Å². The fraction of sp³-hybridized carbons (Fsp3) is 0.440. The van der Waals surface area contributed by atoms with Gasteiger partial charge in [-0.25, -0.2) is 0 Å².